The Kier molecular flexibility index (Phi) is 5.56. The molecule has 1 aliphatic rings. The first kappa shape index (κ1) is 20.7. The number of carbonyl (C=O) groups excluding carboxylic acids is 1. The highest BCUT2D eigenvalue weighted by molar-refractivity contribution is 9.10. The normalized spacial score (nSPS) is 16.7. The Bertz CT molecular complexity index is 1130. The van der Waals surface area contributed by atoms with Gasteiger partial charge in [0, 0.05) is 22.0 Å². The topological polar surface area (TPSA) is 108 Å². The van der Waals surface area contributed by atoms with Crippen LogP contribution < -0.4 is 10.5 Å². The summed E-state index contributed by atoms with van der Waals surface area (Å²) in [5.74, 6) is -1.04. The minimum absolute atomic E-state index is 0.00885. The van der Waals surface area contributed by atoms with E-state index in [4.69, 9.17) is 0 Å². The van der Waals surface area contributed by atoms with Crippen LogP contribution in [-0.2, 0) is 10.2 Å². The number of nitro groups is 1. The first-order chi connectivity index (χ1) is 14.9. The Morgan fingerprint density at radius 2 is 1.68 bits per heavy atom. The lowest BCUT2D eigenvalue weighted by atomic mass is 9.85. The van der Waals surface area contributed by atoms with Gasteiger partial charge in [-0.05, 0) is 23.1 Å². The van der Waals surface area contributed by atoms with Crippen molar-refractivity contribution in [3.05, 3.63) is 104 Å². The van der Waals surface area contributed by atoms with E-state index in [1.54, 1.807) is 0 Å². The Hall–Kier alpha value is -3.52. The number of nitrogens with zero attached hydrogens (tertiary/aromatic N) is 2. The molecule has 0 aliphatic heterocycles. The molecule has 3 aromatic carbocycles. The number of rotatable bonds is 6. The average molecular weight is 479 g/mol. The zero-order valence-electron chi connectivity index (χ0n) is 16.2. The summed E-state index contributed by atoms with van der Waals surface area (Å²) in [6.45, 7) is 0. The maximum absolute atomic E-state index is 12.9. The number of hydrogen-bond donors (Lipinski definition) is 1. The molecule has 4 rings (SSSR count). The minimum Gasteiger partial charge on any atom is -0.871 e. The number of nitro benzene ring substituents is 1. The summed E-state index contributed by atoms with van der Waals surface area (Å²) >= 11 is 3.02. The van der Waals surface area contributed by atoms with Crippen LogP contribution in [0, 0.1) is 16.0 Å². The van der Waals surface area contributed by atoms with Gasteiger partial charge in [0.05, 0.1) is 17.1 Å². The van der Waals surface area contributed by atoms with Crippen molar-refractivity contribution >= 4 is 33.7 Å². The highest BCUT2D eigenvalue weighted by Crippen LogP contribution is 2.58. The van der Waals surface area contributed by atoms with Gasteiger partial charge in [-0.25, -0.2) is 5.43 Å². The molecule has 0 aromatic heterocycles. The molecule has 0 spiro atoms. The molecule has 0 unspecified atom stereocenters. The van der Waals surface area contributed by atoms with Crippen molar-refractivity contribution in [2.75, 3.05) is 0 Å². The number of carbonyl (C=O) groups is 1. The largest absolute Gasteiger partial charge is 0.871 e. The Morgan fingerprint density at radius 3 is 2.23 bits per heavy atom. The molecule has 8 heteroatoms. The predicted molar refractivity (Wildman–Crippen MR) is 118 cm³/mol. The van der Waals surface area contributed by atoms with Crippen molar-refractivity contribution in [2.24, 2.45) is 11.0 Å². The van der Waals surface area contributed by atoms with Crippen LogP contribution in [0.5, 0.6) is 5.75 Å². The first-order valence-corrected chi connectivity index (χ1v) is 10.3. The summed E-state index contributed by atoms with van der Waals surface area (Å²) in [5.41, 5.74) is 3.93. The summed E-state index contributed by atoms with van der Waals surface area (Å²) < 4.78 is 0.0591. The highest BCUT2D eigenvalue weighted by Gasteiger charge is 2.60. The van der Waals surface area contributed by atoms with Gasteiger partial charge in [0.25, 0.3) is 5.69 Å². The molecule has 156 valence electrons. The van der Waals surface area contributed by atoms with Gasteiger partial charge in [0.2, 0.25) is 5.91 Å². The fraction of sp³-hybridized carbons (Fsp3) is 0.130. The van der Waals surface area contributed by atoms with Crippen molar-refractivity contribution in [1.29, 1.82) is 0 Å². The van der Waals surface area contributed by atoms with Crippen LogP contribution >= 0.6 is 15.9 Å². The molecular weight excluding hydrogens is 462 g/mol. The molecule has 1 saturated carbocycles. The van der Waals surface area contributed by atoms with E-state index >= 15 is 0 Å². The molecule has 1 fully saturated rings. The molecular formula is C23H17BrN3O4-. The number of hydrazone groups is 1. The van der Waals surface area contributed by atoms with E-state index in [2.05, 4.69) is 26.5 Å². The van der Waals surface area contributed by atoms with Crippen LogP contribution in [0.2, 0.25) is 0 Å². The van der Waals surface area contributed by atoms with E-state index in [0.717, 1.165) is 29.5 Å². The lowest BCUT2D eigenvalue weighted by molar-refractivity contribution is -0.385. The Morgan fingerprint density at radius 1 is 1.10 bits per heavy atom. The van der Waals surface area contributed by atoms with E-state index in [0.29, 0.717) is 6.42 Å². The van der Waals surface area contributed by atoms with Gasteiger partial charge < -0.3 is 5.11 Å². The molecule has 0 radical (unpaired) electrons. The third kappa shape index (κ3) is 3.94. The summed E-state index contributed by atoms with van der Waals surface area (Å²) in [7, 11) is 0. The van der Waals surface area contributed by atoms with Crippen molar-refractivity contribution in [3.63, 3.8) is 0 Å². The second-order valence-corrected chi connectivity index (χ2v) is 8.15. The standard InChI is InChI=1S/C23H18BrN3O4/c24-20-12-18(27(30)31)11-15(21(20)28)14-25-26-22(29)19-13-23(19,16-7-3-1-4-8-16)17-9-5-2-6-10-17/h1-12,14,19,28H,13H2,(H,26,29)/p-1/b25-14+/t19-/m1/s1. The second kappa shape index (κ2) is 8.31. The third-order valence-corrected chi connectivity index (χ3v) is 6.09. The van der Waals surface area contributed by atoms with E-state index in [1.165, 1.54) is 0 Å². The van der Waals surface area contributed by atoms with Crippen LogP contribution in [0.15, 0.2) is 82.4 Å². The number of hydrogen-bond acceptors (Lipinski definition) is 5. The van der Waals surface area contributed by atoms with Crippen LogP contribution in [0.4, 0.5) is 5.69 Å². The SMILES string of the molecule is O=C(N/N=C/c1cc([N+](=O)[O-])cc(Br)c1[O-])[C@H]1CC1(c1ccccc1)c1ccccc1. The van der Waals surface area contributed by atoms with E-state index in [9.17, 15) is 20.0 Å². The summed E-state index contributed by atoms with van der Waals surface area (Å²) in [6.07, 6.45) is 1.77. The van der Waals surface area contributed by atoms with Crippen molar-refractivity contribution in [3.8, 4) is 5.75 Å². The van der Waals surface area contributed by atoms with Crippen LogP contribution in [0.25, 0.3) is 0 Å². The van der Waals surface area contributed by atoms with Gasteiger partial charge in [0.1, 0.15) is 0 Å². The quantitative estimate of drug-likeness (QED) is 0.329. The molecule has 0 saturated heterocycles. The number of amides is 1. The molecule has 1 N–H and O–H groups in total. The Labute approximate surface area is 186 Å². The number of halogens is 1. The highest BCUT2D eigenvalue weighted by atomic mass is 79.9. The maximum atomic E-state index is 12.9. The molecule has 1 aliphatic carbocycles. The van der Waals surface area contributed by atoms with Crippen LogP contribution in [-0.4, -0.2) is 17.0 Å². The number of non-ortho nitro benzene ring substituents is 1. The van der Waals surface area contributed by atoms with Gasteiger partial charge in [-0.15, -0.1) is 0 Å². The third-order valence-electron chi connectivity index (χ3n) is 5.50. The smallest absolute Gasteiger partial charge is 0.271 e. The van der Waals surface area contributed by atoms with Crippen molar-refractivity contribution in [2.45, 2.75) is 11.8 Å². The Balaban J connectivity index is 1.55. The average Bonchev–Trinajstić information content (AvgIpc) is 3.55. The zero-order chi connectivity index (χ0) is 22.0. The van der Waals surface area contributed by atoms with Crippen LogP contribution in [0.1, 0.15) is 23.1 Å². The fourth-order valence-corrected chi connectivity index (χ4v) is 4.36. The second-order valence-electron chi connectivity index (χ2n) is 7.30. The van der Waals surface area contributed by atoms with E-state index < -0.39 is 16.1 Å². The monoisotopic (exact) mass is 478 g/mol. The van der Waals surface area contributed by atoms with Gasteiger partial charge in [0.15, 0.2) is 0 Å². The molecule has 0 bridgehead atoms. The zero-order valence-corrected chi connectivity index (χ0v) is 17.8. The van der Waals surface area contributed by atoms with Gasteiger partial charge in [-0.1, -0.05) is 82.3 Å². The lowest BCUT2D eigenvalue weighted by Crippen LogP contribution is -2.25. The fourth-order valence-electron chi connectivity index (χ4n) is 3.90. The molecule has 0 heterocycles. The molecule has 3 aromatic rings. The van der Waals surface area contributed by atoms with Crippen molar-refractivity contribution < 1.29 is 14.8 Å². The van der Waals surface area contributed by atoms with E-state index in [-0.39, 0.29) is 27.5 Å². The first-order valence-electron chi connectivity index (χ1n) is 9.52. The summed E-state index contributed by atoms with van der Waals surface area (Å²) in [4.78, 5) is 23.3. The maximum Gasteiger partial charge on any atom is 0.271 e. The minimum atomic E-state index is -0.599. The number of benzene rings is 3. The van der Waals surface area contributed by atoms with Gasteiger partial charge >= 0.3 is 0 Å². The molecule has 31 heavy (non-hydrogen) atoms. The summed E-state index contributed by atoms with van der Waals surface area (Å²) in [5, 5.41) is 27.1. The number of nitrogens with one attached hydrogen (secondary N) is 1. The van der Waals surface area contributed by atoms with Crippen LogP contribution in [0.3, 0.4) is 0 Å². The van der Waals surface area contributed by atoms with Crippen molar-refractivity contribution in [1.82, 2.24) is 5.43 Å². The lowest BCUT2D eigenvalue weighted by Gasteiger charge is -2.18. The van der Waals surface area contributed by atoms with E-state index in [1.807, 2.05) is 60.7 Å². The molecule has 1 amide bonds. The predicted octanol–water partition coefficient (Wildman–Crippen LogP) is 3.89. The van der Waals surface area contributed by atoms with Gasteiger partial charge in [-0.3, -0.25) is 14.9 Å². The molecule has 7 nitrogen and oxygen atoms in total. The molecule has 1 atom stereocenters. The van der Waals surface area contributed by atoms with Gasteiger partial charge in [-0.2, -0.15) is 5.10 Å². The summed E-state index contributed by atoms with van der Waals surface area (Å²) in [6, 6.07) is 21.9.